The van der Waals surface area contributed by atoms with E-state index < -0.39 is 10.9 Å². The van der Waals surface area contributed by atoms with Crippen LogP contribution in [-0.2, 0) is 10.9 Å². The van der Waals surface area contributed by atoms with Gasteiger partial charge in [-0.05, 0) is 22.6 Å². The van der Waals surface area contributed by atoms with E-state index in [0.29, 0.717) is 13.0 Å². The molecule has 0 fully saturated rings. The lowest BCUT2D eigenvalue weighted by Gasteiger charge is -2.13. The van der Waals surface area contributed by atoms with Crippen LogP contribution in [0.2, 0.25) is 0 Å². The van der Waals surface area contributed by atoms with Crippen molar-refractivity contribution >= 4 is 10.9 Å². The lowest BCUT2D eigenvalue weighted by atomic mass is 10.4. The maximum atomic E-state index is 8.51. The Morgan fingerprint density at radius 1 is 1.33 bits per heavy atom. The number of rotatable bonds is 3. The summed E-state index contributed by atoms with van der Waals surface area (Å²) in [5.41, 5.74) is 0. The van der Waals surface area contributed by atoms with Gasteiger partial charge in [-0.15, -0.1) is 0 Å². The maximum absolute atomic E-state index is 8.51. The monoisotopic (exact) mass is 219 g/mol. The average Bonchev–Trinajstić information content (AvgIpc) is 2.75. The molecule has 1 heterocycles. The van der Waals surface area contributed by atoms with Gasteiger partial charge in [-0.1, -0.05) is 22.7 Å². The molecule has 5 nitrogen and oxygen atoms in total. The summed E-state index contributed by atoms with van der Waals surface area (Å²) in [6.45, 7) is 0.571. The minimum atomic E-state index is -0.456. The molecule has 0 saturated carbocycles. The average molecular weight is 219 g/mol. The molecule has 0 bridgehead atoms. The summed E-state index contributed by atoms with van der Waals surface area (Å²) in [6, 6.07) is 11.9. The van der Waals surface area contributed by atoms with Crippen molar-refractivity contribution in [2.75, 3.05) is 6.54 Å². The van der Waals surface area contributed by atoms with E-state index in [1.165, 1.54) is 0 Å². The predicted octanol–water partition coefficient (Wildman–Crippen LogP) is 2.27. The highest BCUT2D eigenvalue weighted by Gasteiger charge is 2.15. The standard InChI is InChI=1S/C9H9N5S/c10-7-4-8-14-12-11-13-15(14)9-5-2-1-3-6-9/h1-3,5-6H,4,8H2. The molecule has 1 atom stereocenters. The first-order valence-corrected chi connectivity index (χ1v) is 5.61. The normalized spacial score (nSPS) is 18.6. The van der Waals surface area contributed by atoms with Crippen molar-refractivity contribution in [2.45, 2.75) is 11.3 Å². The van der Waals surface area contributed by atoms with Crippen LogP contribution in [0, 0.1) is 11.3 Å². The van der Waals surface area contributed by atoms with Gasteiger partial charge >= 0.3 is 0 Å². The molecule has 0 N–H and O–H groups in total. The zero-order valence-electron chi connectivity index (χ0n) is 7.95. The fourth-order valence-electron chi connectivity index (χ4n) is 1.16. The third-order valence-corrected chi connectivity index (χ3v) is 3.40. The number of hydrogen-bond acceptors (Lipinski definition) is 5. The van der Waals surface area contributed by atoms with E-state index in [9.17, 15) is 0 Å². The zero-order valence-corrected chi connectivity index (χ0v) is 8.76. The Bertz CT molecular complexity index is 434. The maximum Gasteiger partial charge on any atom is 0.0739 e. The van der Waals surface area contributed by atoms with Crippen LogP contribution in [0.25, 0.3) is 0 Å². The molecule has 6 heteroatoms. The van der Waals surface area contributed by atoms with Crippen LogP contribution in [0.5, 0.6) is 0 Å². The fourth-order valence-corrected chi connectivity index (χ4v) is 2.45. The van der Waals surface area contributed by atoms with Gasteiger partial charge in [0.25, 0.3) is 0 Å². The summed E-state index contributed by atoms with van der Waals surface area (Å²) in [5.74, 6) is 0. The lowest BCUT2D eigenvalue weighted by molar-refractivity contribution is 0.485. The Labute approximate surface area is 90.2 Å². The lowest BCUT2D eigenvalue weighted by Crippen LogP contribution is -2.18. The van der Waals surface area contributed by atoms with Crippen LogP contribution >= 0.6 is 0 Å². The van der Waals surface area contributed by atoms with Crippen molar-refractivity contribution in [3.05, 3.63) is 30.3 Å². The van der Waals surface area contributed by atoms with E-state index in [-0.39, 0.29) is 0 Å². The van der Waals surface area contributed by atoms with Crippen LogP contribution in [0.15, 0.2) is 50.1 Å². The van der Waals surface area contributed by atoms with Gasteiger partial charge in [0, 0.05) is 4.90 Å². The largest absolute Gasteiger partial charge is 0.202 e. The molecule has 2 rings (SSSR count). The number of benzene rings is 1. The van der Waals surface area contributed by atoms with Crippen LogP contribution in [0.3, 0.4) is 0 Å². The fraction of sp³-hybridized carbons (Fsp3) is 0.222. The second-order valence-corrected chi connectivity index (χ2v) is 4.41. The van der Waals surface area contributed by atoms with Crippen LogP contribution in [0.4, 0.5) is 0 Å². The first kappa shape index (κ1) is 9.80. The quantitative estimate of drug-likeness (QED) is 0.782. The molecule has 0 saturated heterocycles. The Kier molecular flexibility index (Phi) is 3.05. The first-order chi connectivity index (χ1) is 7.42. The second kappa shape index (κ2) is 4.66. The Balaban J connectivity index is 2.14. The Hall–Kier alpha value is -1.74. The molecular formula is C9H9N5S. The van der Waals surface area contributed by atoms with E-state index >= 15 is 0 Å². The molecule has 0 aliphatic carbocycles. The summed E-state index contributed by atoms with van der Waals surface area (Å²) in [6.07, 6.45) is 0.435. The van der Waals surface area contributed by atoms with Crippen molar-refractivity contribution in [2.24, 2.45) is 14.9 Å². The third kappa shape index (κ3) is 2.19. The summed E-state index contributed by atoms with van der Waals surface area (Å²) in [4.78, 5) is 1.07. The van der Waals surface area contributed by atoms with Crippen LogP contribution < -0.4 is 0 Å². The molecule has 0 aromatic heterocycles. The molecule has 15 heavy (non-hydrogen) atoms. The van der Waals surface area contributed by atoms with Crippen molar-refractivity contribution in [3.63, 3.8) is 0 Å². The minimum absolute atomic E-state index is 0.435. The summed E-state index contributed by atoms with van der Waals surface area (Å²) in [7, 11) is -0.456. The van der Waals surface area contributed by atoms with Gasteiger partial charge in [0.1, 0.15) is 0 Å². The van der Waals surface area contributed by atoms with Crippen LogP contribution in [-0.4, -0.2) is 11.0 Å². The number of nitrogens with zero attached hydrogens (tertiary/aromatic N) is 5. The minimum Gasteiger partial charge on any atom is -0.202 e. The van der Waals surface area contributed by atoms with Gasteiger partial charge in [0.15, 0.2) is 0 Å². The Morgan fingerprint density at radius 2 is 2.13 bits per heavy atom. The smallest absolute Gasteiger partial charge is 0.0739 e. The van der Waals surface area contributed by atoms with E-state index in [2.05, 4.69) is 21.0 Å². The molecule has 1 aliphatic heterocycles. The van der Waals surface area contributed by atoms with Gasteiger partial charge in [-0.25, -0.2) is 4.41 Å². The summed E-state index contributed by atoms with van der Waals surface area (Å²) >= 11 is 0. The molecule has 1 aromatic rings. The summed E-state index contributed by atoms with van der Waals surface area (Å²) < 4.78 is 5.79. The highest BCUT2D eigenvalue weighted by molar-refractivity contribution is 7.85. The molecule has 1 aromatic carbocycles. The third-order valence-electron chi connectivity index (χ3n) is 1.82. The van der Waals surface area contributed by atoms with Crippen molar-refractivity contribution in [1.29, 1.82) is 5.26 Å². The molecular weight excluding hydrogens is 210 g/mol. The van der Waals surface area contributed by atoms with E-state index in [1.807, 2.05) is 30.3 Å². The van der Waals surface area contributed by atoms with Gasteiger partial charge in [0.05, 0.1) is 29.9 Å². The SMILES string of the molecule is N#CCCN1N=NN=S1c1ccccc1. The second-order valence-electron chi connectivity index (χ2n) is 2.82. The van der Waals surface area contributed by atoms with Gasteiger partial charge in [0.2, 0.25) is 0 Å². The highest BCUT2D eigenvalue weighted by atomic mass is 32.2. The predicted molar refractivity (Wildman–Crippen MR) is 56.3 cm³/mol. The van der Waals surface area contributed by atoms with Crippen LogP contribution in [0.1, 0.15) is 6.42 Å². The van der Waals surface area contributed by atoms with Crippen molar-refractivity contribution in [3.8, 4) is 6.07 Å². The first-order valence-electron chi connectivity index (χ1n) is 4.47. The van der Waals surface area contributed by atoms with E-state index in [0.717, 1.165) is 4.90 Å². The number of hydrogen-bond donors (Lipinski definition) is 0. The molecule has 76 valence electrons. The van der Waals surface area contributed by atoms with E-state index in [4.69, 9.17) is 5.26 Å². The molecule has 1 aliphatic rings. The molecule has 0 amide bonds. The van der Waals surface area contributed by atoms with Crippen molar-refractivity contribution < 1.29 is 0 Å². The molecule has 1 unspecified atom stereocenters. The zero-order chi connectivity index (χ0) is 10.5. The number of nitriles is 1. The topological polar surface area (TPSA) is 64.1 Å². The Morgan fingerprint density at radius 3 is 2.87 bits per heavy atom. The molecule has 0 radical (unpaired) electrons. The van der Waals surface area contributed by atoms with E-state index in [1.54, 1.807) is 4.41 Å². The van der Waals surface area contributed by atoms with Gasteiger partial charge < -0.3 is 0 Å². The molecule has 0 spiro atoms. The summed E-state index contributed by atoms with van der Waals surface area (Å²) in [5, 5.41) is 16.0. The van der Waals surface area contributed by atoms with Gasteiger partial charge in [-0.3, -0.25) is 0 Å². The van der Waals surface area contributed by atoms with Gasteiger partial charge in [-0.2, -0.15) is 5.26 Å². The van der Waals surface area contributed by atoms with Crippen molar-refractivity contribution in [1.82, 2.24) is 4.41 Å². The highest BCUT2D eigenvalue weighted by Crippen LogP contribution is 2.18.